The maximum atomic E-state index is 11.7. The first-order valence-electron chi connectivity index (χ1n) is 6.30. The zero-order valence-corrected chi connectivity index (χ0v) is 11.8. The van der Waals surface area contributed by atoms with E-state index in [0.717, 1.165) is 21.6 Å². The monoisotopic (exact) mass is 287 g/mol. The summed E-state index contributed by atoms with van der Waals surface area (Å²) in [6.07, 6.45) is 1.75. The highest BCUT2D eigenvalue weighted by Crippen LogP contribution is 2.29. The molecule has 1 aromatic carbocycles. The number of hydrogen-bond donors (Lipinski definition) is 0. The Morgan fingerprint density at radius 3 is 3.00 bits per heavy atom. The summed E-state index contributed by atoms with van der Waals surface area (Å²) >= 11 is 1.53. The Hall–Kier alpha value is -2.21. The predicted molar refractivity (Wildman–Crippen MR) is 77.5 cm³/mol. The highest BCUT2D eigenvalue weighted by Gasteiger charge is 2.15. The fraction of sp³-hybridized carbons (Fsp3) is 0.214. The number of nitrogens with zero attached hydrogens (tertiary/aromatic N) is 3. The molecule has 20 heavy (non-hydrogen) atoms. The lowest BCUT2D eigenvalue weighted by molar-refractivity contribution is -0.143. The Balaban J connectivity index is 2.07. The van der Waals surface area contributed by atoms with E-state index < -0.39 is 0 Å². The third kappa shape index (κ3) is 2.30. The minimum absolute atomic E-state index is 0.111. The van der Waals surface area contributed by atoms with Gasteiger partial charge in [0.2, 0.25) is 0 Å². The lowest BCUT2D eigenvalue weighted by Gasteiger charge is -2.02. The lowest BCUT2D eigenvalue weighted by Crippen LogP contribution is -2.14. The Bertz CT molecular complexity index is 734. The highest BCUT2D eigenvalue weighted by atomic mass is 32.1. The second-order valence-electron chi connectivity index (χ2n) is 4.17. The molecule has 6 heteroatoms. The molecule has 0 saturated heterocycles. The van der Waals surface area contributed by atoms with Crippen LogP contribution in [0.4, 0.5) is 0 Å². The molecule has 0 N–H and O–H groups in total. The van der Waals surface area contributed by atoms with Crippen molar-refractivity contribution in [3.05, 3.63) is 35.8 Å². The number of carbonyl (C=O) groups is 1. The van der Waals surface area contributed by atoms with Crippen molar-refractivity contribution in [2.45, 2.75) is 13.5 Å². The molecule has 3 aromatic rings. The van der Waals surface area contributed by atoms with Gasteiger partial charge in [0.1, 0.15) is 17.2 Å². The first-order chi connectivity index (χ1) is 9.79. The summed E-state index contributed by atoms with van der Waals surface area (Å²) in [7, 11) is 0. The van der Waals surface area contributed by atoms with E-state index in [9.17, 15) is 4.79 Å². The van der Waals surface area contributed by atoms with E-state index in [-0.39, 0.29) is 12.5 Å². The first-order valence-corrected chi connectivity index (χ1v) is 7.18. The fourth-order valence-corrected chi connectivity index (χ4v) is 2.71. The molecule has 3 rings (SSSR count). The summed E-state index contributed by atoms with van der Waals surface area (Å²) in [6, 6.07) is 7.81. The number of aromatic nitrogens is 3. The molecular formula is C14H13N3O2S. The van der Waals surface area contributed by atoms with Crippen molar-refractivity contribution in [1.29, 1.82) is 0 Å². The Morgan fingerprint density at radius 1 is 1.40 bits per heavy atom. The number of hydrogen-bond acceptors (Lipinski definition) is 5. The third-order valence-electron chi connectivity index (χ3n) is 2.88. The van der Waals surface area contributed by atoms with E-state index in [1.54, 1.807) is 17.8 Å². The third-order valence-corrected chi connectivity index (χ3v) is 3.66. The molecule has 0 spiro atoms. The summed E-state index contributed by atoms with van der Waals surface area (Å²) in [5, 5.41) is 8.27. The van der Waals surface area contributed by atoms with Crippen molar-refractivity contribution in [2.75, 3.05) is 6.61 Å². The Kier molecular flexibility index (Phi) is 3.47. The van der Waals surface area contributed by atoms with Crippen LogP contribution in [0.1, 0.15) is 6.92 Å². The van der Waals surface area contributed by atoms with Crippen LogP contribution in [0, 0.1) is 0 Å². The maximum absolute atomic E-state index is 11.7. The molecule has 5 nitrogen and oxygen atoms in total. The van der Waals surface area contributed by atoms with Gasteiger partial charge in [0.25, 0.3) is 0 Å². The van der Waals surface area contributed by atoms with Crippen LogP contribution in [-0.2, 0) is 16.1 Å². The van der Waals surface area contributed by atoms with Gasteiger partial charge in [-0.05, 0) is 13.0 Å². The molecular weight excluding hydrogens is 274 g/mol. The van der Waals surface area contributed by atoms with Crippen molar-refractivity contribution in [2.24, 2.45) is 0 Å². The topological polar surface area (TPSA) is 57.0 Å². The van der Waals surface area contributed by atoms with Crippen LogP contribution in [0.3, 0.4) is 0 Å². The van der Waals surface area contributed by atoms with E-state index in [0.29, 0.717) is 6.61 Å². The summed E-state index contributed by atoms with van der Waals surface area (Å²) in [5.74, 6) is -0.286. The normalized spacial score (nSPS) is 10.8. The van der Waals surface area contributed by atoms with Crippen LogP contribution < -0.4 is 0 Å². The predicted octanol–water partition coefficient (Wildman–Crippen LogP) is 2.72. The van der Waals surface area contributed by atoms with E-state index >= 15 is 0 Å². The molecule has 2 heterocycles. The second-order valence-corrected chi connectivity index (χ2v) is 5.06. The lowest BCUT2D eigenvalue weighted by atomic mass is 10.2. The number of fused-ring (bicyclic) bond motifs is 1. The zero-order chi connectivity index (χ0) is 13.9. The molecule has 102 valence electrons. The van der Waals surface area contributed by atoms with Gasteiger partial charge in [0, 0.05) is 17.0 Å². The van der Waals surface area contributed by atoms with Crippen molar-refractivity contribution in [1.82, 2.24) is 14.8 Å². The molecule has 2 aromatic heterocycles. The molecule has 0 amide bonds. The molecule has 0 aliphatic carbocycles. The van der Waals surface area contributed by atoms with Gasteiger partial charge in [0.05, 0.1) is 12.1 Å². The smallest absolute Gasteiger partial charge is 0.327 e. The number of rotatable bonds is 4. The molecule has 0 atom stereocenters. The van der Waals surface area contributed by atoms with Crippen LogP contribution in [0.5, 0.6) is 0 Å². The van der Waals surface area contributed by atoms with Gasteiger partial charge in [-0.2, -0.15) is 5.10 Å². The number of benzene rings is 1. The molecule has 0 aliphatic heterocycles. The van der Waals surface area contributed by atoms with Crippen molar-refractivity contribution in [3.63, 3.8) is 0 Å². The van der Waals surface area contributed by atoms with E-state index in [2.05, 4.69) is 10.1 Å². The quantitative estimate of drug-likeness (QED) is 0.692. The largest absolute Gasteiger partial charge is 0.465 e. The van der Waals surface area contributed by atoms with E-state index in [1.165, 1.54) is 11.3 Å². The summed E-state index contributed by atoms with van der Waals surface area (Å²) in [6.45, 7) is 2.27. The van der Waals surface area contributed by atoms with E-state index in [4.69, 9.17) is 4.74 Å². The summed E-state index contributed by atoms with van der Waals surface area (Å²) in [5.41, 5.74) is 1.71. The second kappa shape index (κ2) is 5.42. The van der Waals surface area contributed by atoms with Gasteiger partial charge >= 0.3 is 5.97 Å². The van der Waals surface area contributed by atoms with Crippen LogP contribution in [0.15, 0.2) is 35.8 Å². The van der Waals surface area contributed by atoms with Gasteiger partial charge < -0.3 is 4.74 Å². The van der Waals surface area contributed by atoms with Gasteiger partial charge in [-0.1, -0.05) is 18.2 Å². The molecule has 0 aliphatic rings. The van der Waals surface area contributed by atoms with Gasteiger partial charge in [-0.3, -0.25) is 9.48 Å². The van der Waals surface area contributed by atoms with Crippen LogP contribution in [0.2, 0.25) is 0 Å². The first kappa shape index (κ1) is 12.8. The number of ether oxygens (including phenoxy) is 1. The fourth-order valence-electron chi connectivity index (χ4n) is 2.08. The van der Waals surface area contributed by atoms with Crippen LogP contribution >= 0.6 is 11.3 Å². The number of esters is 1. The number of thiazole rings is 1. The van der Waals surface area contributed by atoms with Crippen molar-refractivity contribution in [3.8, 4) is 10.7 Å². The minimum Gasteiger partial charge on any atom is -0.465 e. The van der Waals surface area contributed by atoms with Crippen LogP contribution in [0.25, 0.3) is 21.6 Å². The van der Waals surface area contributed by atoms with Gasteiger partial charge in [-0.25, -0.2) is 4.98 Å². The molecule has 0 fully saturated rings. The zero-order valence-electron chi connectivity index (χ0n) is 10.9. The van der Waals surface area contributed by atoms with Crippen molar-refractivity contribution >= 4 is 28.2 Å². The van der Waals surface area contributed by atoms with Gasteiger partial charge in [-0.15, -0.1) is 11.3 Å². The number of para-hydroxylation sites is 1. The molecule has 0 saturated carbocycles. The average molecular weight is 287 g/mol. The molecule has 0 bridgehead atoms. The molecule has 0 unspecified atom stereocenters. The van der Waals surface area contributed by atoms with Crippen molar-refractivity contribution < 1.29 is 9.53 Å². The Labute approximate surface area is 119 Å². The average Bonchev–Trinajstić information content (AvgIpc) is 3.07. The SMILES string of the molecule is CCOC(=O)Cn1nc(-c2nccs2)c2ccccc21. The maximum Gasteiger partial charge on any atom is 0.327 e. The minimum atomic E-state index is -0.286. The van der Waals surface area contributed by atoms with E-state index in [1.807, 2.05) is 29.6 Å². The Morgan fingerprint density at radius 2 is 2.25 bits per heavy atom. The van der Waals surface area contributed by atoms with Gasteiger partial charge in [0.15, 0.2) is 0 Å². The van der Waals surface area contributed by atoms with Crippen LogP contribution in [-0.4, -0.2) is 27.3 Å². The summed E-state index contributed by atoms with van der Waals surface area (Å²) < 4.78 is 6.65. The summed E-state index contributed by atoms with van der Waals surface area (Å²) in [4.78, 5) is 15.9. The number of carbonyl (C=O) groups excluding carboxylic acids is 1. The standard InChI is InChI=1S/C14H13N3O2S/c1-2-19-12(18)9-17-11-6-4-3-5-10(11)13(16-17)14-15-7-8-20-14/h3-8H,2,9H2,1H3. The molecule has 0 radical (unpaired) electrons. The highest BCUT2D eigenvalue weighted by molar-refractivity contribution is 7.13.